The Morgan fingerprint density at radius 1 is 1.10 bits per heavy atom. The van der Waals surface area contributed by atoms with Crippen LogP contribution in [0.2, 0.25) is 0 Å². The average molecular weight is 413 g/mol. The maximum absolute atomic E-state index is 12.4. The summed E-state index contributed by atoms with van der Waals surface area (Å²) in [6.07, 6.45) is 4.59. The highest BCUT2D eigenvalue weighted by molar-refractivity contribution is 6.03. The lowest BCUT2D eigenvalue weighted by Gasteiger charge is -2.12. The second kappa shape index (κ2) is 9.59. The van der Waals surface area contributed by atoms with E-state index in [-0.39, 0.29) is 5.69 Å². The van der Waals surface area contributed by atoms with E-state index < -0.39 is 18.4 Å². The number of carbonyl (C=O) groups excluding carboxylic acids is 1. The van der Waals surface area contributed by atoms with E-state index >= 15 is 0 Å². The number of amides is 1. The van der Waals surface area contributed by atoms with Gasteiger partial charge in [0.05, 0.1) is 31.6 Å². The number of benzene rings is 1. The fourth-order valence-corrected chi connectivity index (χ4v) is 2.87. The lowest BCUT2D eigenvalue weighted by atomic mass is 10.2. The molecule has 3 aromatic rings. The summed E-state index contributed by atoms with van der Waals surface area (Å²) in [6.45, 7) is 4.98. The Balaban J connectivity index is 1.68. The summed E-state index contributed by atoms with van der Waals surface area (Å²) in [5, 5.41) is 19.7. The molecule has 2 aromatic heterocycles. The van der Waals surface area contributed by atoms with Crippen LogP contribution in [-0.4, -0.2) is 49.8 Å². The van der Waals surface area contributed by atoms with Gasteiger partial charge in [0.15, 0.2) is 11.5 Å². The van der Waals surface area contributed by atoms with Crippen LogP contribution in [0.5, 0.6) is 11.5 Å². The smallest absolute Gasteiger partial charge is 0.325 e. The van der Waals surface area contributed by atoms with Crippen molar-refractivity contribution in [3.8, 4) is 11.5 Å². The molecule has 0 saturated heterocycles. The predicted molar refractivity (Wildman–Crippen MR) is 108 cm³/mol. The van der Waals surface area contributed by atoms with Crippen molar-refractivity contribution in [2.75, 3.05) is 18.5 Å². The van der Waals surface area contributed by atoms with E-state index in [9.17, 15) is 9.59 Å². The molecule has 2 N–H and O–H groups in total. The Morgan fingerprint density at radius 3 is 2.60 bits per heavy atom. The van der Waals surface area contributed by atoms with E-state index in [2.05, 4.69) is 15.5 Å². The molecule has 0 spiro atoms. The highest BCUT2D eigenvalue weighted by Crippen LogP contribution is 2.29. The second-order valence-electron chi connectivity index (χ2n) is 6.30. The lowest BCUT2D eigenvalue weighted by molar-refractivity contribution is -0.137. The van der Waals surface area contributed by atoms with E-state index in [1.54, 1.807) is 10.9 Å². The third kappa shape index (κ3) is 5.16. The molecule has 10 heteroatoms. The van der Waals surface area contributed by atoms with Gasteiger partial charge in [0.25, 0.3) is 5.91 Å². The summed E-state index contributed by atoms with van der Waals surface area (Å²) in [6, 6.07) is 7.15. The van der Waals surface area contributed by atoms with Gasteiger partial charge in [-0.15, -0.1) is 0 Å². The monoisotopic (exact) mass is 413 g/mol. The van der Waals surface area contributed by atoms with Gasteiger partial charge in [0.1, 0.15) is 12.2 Å². The second-order valence-corrected chi connectivity index (χ2v) is 6.30. The highest BCUT2D eigenvalue weighted by Gasteiger charge is 2.15. The highest BCUT2D eigenvalue weighted by atomic mass is 16.5. The Hall–Kier alpha value is -3.82. The molecule has 3 rings (SSSR count). The van der Waals surface area contributed by atoms with Crippen LogP contribution in [0.3, 0.4) is 0 Å². The van der Waals surface area contributed by atoms with E-state index in [1.165, 1.54) is 18.5 Å². The molecule has 1 aromatic carbocycles. The summed E-state index contributed by atoms with van der Waals surface area (Å²) < 4.78 is 14.0. The number of carboxylic acids is 1. The fourth-order valence-electron chi connectivity index (χ4n) is 2.87. The number of anilines is 1. The van der Waals surface area contributed by atoms with E-state index in [0.29, 0.717) is 36.9 Å². The average Bonchev–Trinajstić information content (AvgIpc) is 3.33. The normalized spacial score (nSPS) is 10.6. The first-order chi connectivity index (χ1) is 14.5. The maximum Gasteiger partial charge on any atom is 0.325 e. The first-order valence-electron chi connectivity index (χ1n) is 9.46. The molecule has 0 aliphatic heterocycles. The van der Waals surface area contributed by atoms with Crippen molar-refractivity contribution in [2.45, 2.75) is 26.9 Å². The van der Waals surface area contributed by atoms with Crippen molar-refractivity contribution in [3.05, 3.63) is 54.1 Å². The first kappa shape index (κ1) is 20.9. The summed E-state index contributed by atoms with van der Waals surface area (Å²) in [7, 11) is 0. The van der Waals surface area contributed by atoms with Crippen LogP contribution in [-0.2, 0) is 17.9 Å². The van der Waals surface area contributed by atoms with Gasteiger partial charge < -0.3 is 19.9 Å². The van der Waals surface area contributed by atoms with Crippen molar-refractivity contribution >= 4 is 17.6 Å². The van der Waals surface area contributed by atoms with Gasteiger partial charge in [-0.25, -0.2) is 4.68 Å². The van der Waals surface area contributed by atoms with Crippen LogP contribution >= 0.6 is 0 Å². The maximum atomic E-state index is 12.4. The van der Waals surface area contributed by atoms with Crippen LogP contribution in [0.25, 0.3) is 0 Å². The minimum Gasteiger partial charge on any atom is -0.490 e. The summed E-state index contributed by atoms with van der Waals surface area (Å²) in [5.41, 5.74) is 1.60. The molecule has 30 heavy (non-hydrogen) atoms. The third-order valence-electron chi connectivity index (χ3n) is 4.08. The van der Waals surface area contributed by atoms with Crippen molar-refractivity contribution in [2.24, 2.45) is 0 Å². The Morgan fingerprint density at radius 2 is 1.87 bits per heavy atom. The molecule has 0 saturated carbocycles. The molecule has 158 valence electrons. The number of nitrogens with one attached hydrogen (secondary N) is 1. The van der Waals surface area contributed by atoms with Gasteiger partial charge in [-0.1, -0.05) is 6.07 Å². The molecule has 0 aliphatic carbocycles. The zero-order chi connectivity index (χ0) is 21.5. The molecule has 2 heterocycles. The molecule has 0 fully saturated rings. The molecule has 0 aliphatic rings. The van der Waals surface area contributed by atoms with Crippen LogP contribution in [0.1, 0.15) is 29.9 Å². The van der Waals surface area contributed by atoms with E-state index in [4.69, 9.17) is 14.6 Å². The molecule has 0 radical (unpaired) electrons. The van der Waals surface area contributed by atoms with Gasteiger partial charge in [-0.2, -0.15) is 10.2 Å². The van der Waals surface area contributed by atoms with Gasteiger partial charge >= 0.3 is 5.97 Å². The molecule has 0 bridgehead atoms. The number of ether oxygens (including phenoxy) is 2. The Kier molecular flexibility index (Phi) is 6.68. The molecular formula is C20H23N5O5. The lowest BCUT2D eigenvalue weighted by Crippen LogP contribution is -2.20. The van der Waals surface area contributed by atoms with Crippen LogP contribution < -0.4 is 14.8 Å². The van der Waals surface area contributed by atoms with E-state index in [1.807, 2.05) is 32.0 Å². The van der Waals surface area contributed by atoms with Crippen LogP contribution in [0.15, 0.2) is 42.9 Å². The number of hydrogen-bond donors (Lipinski definition) is 2. The molecule has 0 atom stereocenters. The number of carboxylic acid groups (broad SMARTS) is 1. The van der Waals surface area contributed by atoms with Crippen molar-refractivity contribution in [1.29, 1.82) is 0 Å². The SMILES string of the molecule is CCOc1ccc(Cn2cc(NC(=O)c3ccnn3CC(=O)O)cn2)cc1OCC. The largest absolute Gasteiger partial charge is 0.490 e. The van der Waals surface area contributed by atoms with Crippen LogP contribution in [0.4, 0.5) is 5.69 Å². The van der Waals surface area contributed by atoms with Crippen LogP contribution in [0, 0.1) is 0 Å². The van der Waals surface area contributed by atoms with Gasteiger partial charge in [0.2, 0.25) is 0 Å². The topological polar surface area (TPSA) is 121 Å². The number of aromatic nitrogens is 4. The third-order valence-corrected chi connectivity index (χ3v) is 4.08. The van der Waals surface area contributed by atoms with E-state index in [0.717, 1.165) is 10.2 Å². The van der Waals surface area contributed by atoms with Crippen molar-refractivity contribution in [1.82, 2.24) is 19.6 Å². The zero-order valence-electron chi connectivity index (χ0n) is 16.7. The minimum absolute atomic E-state index is 0.151. The minimum atomic E-state index is -1.08. The number of hydrogen-bond acceptors (Lipinski definition) is 6. The van der Waals surface area contributed by atoms with Crippen molar-refractivity contribution in [3.63, 3.8) is 0 Å². The molecular weight excluding hydrogens is 390 g/mol. The predicted octanol–water partition coefficient (Wildman–Crippen LogP) is 2.26. The Labute approximate surface area is 173 Å². The fraction of sp³-hybridized carbons (Fsp3) is 0.300. The summed E-state index contributed by atoms with van der Waals surface area (Å²) in [4.78, 5) is 23.3. The number of nitrogens with zero attached hydrogens (tertiary/aromatic N) is 4. The van der Waals surface area contributed by atoms with Gasteiger partial charge in [-0.3, -0.25) is 14.3 Å². The summed E-state index contributed by atoms with van der Waals surface area (Å²) >= 11 is 0. The standard InChI is InChI=1S/C20H23N5O5/c1-3-29-17-6-5-14(9-18(17)30-4-2)11-24-12-15(10-22-24)23-20(28)16-7-8-21-25(16)13-19(26)27/h5-10,12H,3-4,11,13H2,1-2H3,(H,23,28)(H,26,27). The summed E-state index contributed by atoms with van der Waals surface area (Å²) in [5.74, 6) is -0.186. The Bertz CT molecular complexity index is 1030. The first-order valence-corrected chi connectivity index (χ1v) is 9.46. The van der Waals surface area contributed by atoms with Gasteiger partial charge in [0, 0.05) is 12.4 Å². The van der Waals surface area contributed by atoms with Crippen molar-refractivity contribution < 1.29 is 24.2 Å². The number of carbonyl (C=O) groups is 2. The van der Waals surface area contributed by atoms with Gasteiger partial charge in [-0.05, 0) is 37.6 Å². The molecule has 10 nitrogen and oxygen atoms in total. The number of aliphatic carboxylic acids is 1. The number of rotatable bonds is 10. The molecule has 1 amide bonds. The zero-order valence-corrected chi connectivity index (χ0v) is 16.7. The quantitative estimate of drug-likeness (QED) is 0.523. The molecule has 0 unspecified atom stereocenters.